The normalized spacial score (nSPS) is 21.1. The molecule has 2 atom stereocenters. The van der Waals surface area contributed by atoms with E-state index in [1.165, 1.54) is 18.2 Å². The van der Waals surface area contributed by atoms with Crippen LogP contribution in [0.25, 0.3) is 0 Å². The number of aliphatic hydroxyl groups is 1. The number of hydrogen-bond acceptors (Lipinski definition) is 3. The highest BCUT2D eigenvalue weighted by atomic mass is 19.4. The van der Waals surface area contributed by atoms with Gasteiger partial charge in [-0.2, -0.15) is 13.2 Å². The first kappa shape index (κ1) is 19.2. The van der Waals surface area contributed by atoms with Crippen molar-refractivity contribution >= 4 is 5.91 Å². The van der Waals surface area contributed by atoms with Crippen LogP contribution in [0.15, 0.2) is 42.5 Å². The number of hydrogen-bond donors (Lipinski definition) is 2. The first-order valence-corrected chi connectivity index (χ1v) is 8.14. The molecule has 27 heavy (non-hydrogen) atoms. The van der Waals surface area contributed by atoms with Crippen LogP contribution in [-0.4, -0.2) is 22.7 Å². The third kappa shape index (κ3) is 3.75. The second-order valence-corrected chi connectivity index (χ2v) is 6.86. The van der Waals surface area contributed by atoms with Gasteiger partial charge < -0.3 is 15.2 Å². The molecular formula is C19H17F4NO3. The van der Waals surface area contributed by atoms with Crippen molar-refractivity contribution in [2.75, 3.05) is 0 Å². The number of ether oxygens (including phenoxy) is 1. The van der Waals surface area contributed by atoms with Crippen LogP contribution in [0.4, 0.5) is 17.6 Å². The van der Waals surface area contributed by atoms with Crippen LogP contribution in [0.2, 0.25) is 0 Å². The number of carbonyl (C=O) groups excluding carboxylic acids is 1. The second-order valence-electron chi connectivity index (χ2n) is 6.86. The van der Waals surface area contributed by atoms with E-state index >= 15 is 0 Å². The highest BCUT2D eigenvalue weighted by Crippen LogP contribution is 2.42. The average molecular weight is 383 g/mol. The molecule has 0 radical (unpaired) electrons. The standard InChI is InChI=1S/C19H17F4NO3/c1-18(2)16(25)15(24-17(26)10-3-6-12(20)7-4-10)13-9-11(19(21,22)23)5-8-14(13)27-18/h3-9,15-16,25H,1-2H3,(H,24,26). The lowest BCUT2D eigenvalue weighted by Crippen LogP contribution is -2.53. The number of benzene rings is 2. The van der Waals surface area contributed by atoms with Crippen LogP contribution in [0.3, 0.4) is 0 Å². The Labute approximate surface area is 152 Å². The molecule has 8 heteroatoms. The number of amides is 1. The van der Waals surface area contributed by atoms with Crippen molar-refractivity contribution in [3.8, 4) is 5.75 Å². The molecule has 0 aliphatic carbocycles. The van der Waals surface area contributed by atoms with Crippen LogP contribution in [0.5, 0.6) is 5.75 Å². The number of fused-ring (bicyclic) bond motifs is 1. The van der Waals surface area contributed by atoms with Gasteiger partial charge in [-0.15, -0.1) is 0 Å². The number of halogens is 4. The summed E-state index contributed by atoms with van der Waals surface area (Å²) in [5, 5.41) is 13.1. The van der Waals surface area contributed by atoms with Crippen molar-refractivity contribution in [2.24, 2.45) is 0 Å². The van der Waals surface area contributed by atoms with Crippen molar-refractivity contribution < 1.29 is 32.2 Å². The van der Waals surface area contributed by atoms with Crippen LogP contribution in [0, 0.1) is 5.82 Å². The summed E-state index contributed by atoms with van der Waals surface area (Å²) >= 11 is 0. The minimum atomic E-state index is -4.58. The van der Waals surface area contributed by atoms with Gasteiger partial charge in [0.1, 0.15) is 23.3 Å². The lowest BCUT2D eigenvalue weighted by Gasteiger charge is -2.42. The Morgan fingerprint density at radius 2 is 1.78 bits per heavy atom. The fourth-order valence-corrected chi connectivity index (χ4v) is 2.96. The van der Waals surface area contributed by atoms with Gasteiger partial charge in [0.15, 0.2) is 0 Å². The average Bonchev–Trinajstić information content (AvgIpc) is 2.58. The quantitative estimate of drug-likeness (QED) is 0.775. The molecule has 4 nitrogen and oxygen atoms in total. The van der Waals surface area contributed by atoms with Gasteiger partial charge in [-0.25, -0.2) is 4.39 Å². The molecule has 2 aromatic rings. The van der Waals surface area contributed by atoms with Gasteiger partial charge in [0.25, 0.3) is 5.91 Å². The van der Waals surface area contributed by atoms with E-state index in [1.807, 2.05) is 0 Å². The molecule has 2 unspecified atom stereocenters. The minimum absolute atomic E-state index is 0.0205. The molecule has 1 aliphatic rings. The molecule has 1 amide bonds. The van der Waals surface area contributed by atoms with Gasteiger partial charge in [0, 0.05) is 11.1 Å². The van der Waals surface area contributed by atoms with E-state index in [2.05, 4.69) is 5.32 Å². The molecule has 3 rings (SSSR count). The van der Waals surface area contributed by atoms with Crippen molar-refractivity contribution in [1.29, 1.82) is 0 Å². The van der Waals surface area contributed by atoms with Crippen LogP contribution in [0.1, 0.15) is 41.4 Å². The maximum Gasteiger partial charge on any atom is 0.416 e. The first-order valence-electron chi connectivity index (χ1n) is 8.14. The number of alkyl halides is 3. The highest BCUT2D eigenvalue weighted by Gasteiger charge is 2.44. The Morgan fingerprint density at radius 3 is 2.37 bits per heavy atom. The van der Waals surface area contributed by atoms with Crippen molar-refractivity contribution in [3.63, 3.8) is 0 Å². The van der Waals surface area contributed by atoms with E-state index < -0.39 is 41.2 Å². The number of rotatable bonds is 2. The van der Waals surface area contributed by atoms with E-state index in [4.69, 9.17) is 4.74 Å². The predicted molar refractivity (Wildman–Crippen MR) is 88.8 cm³/mol. The maximum atomic E-state index is 13.1. The van der Waals surface area contributed by atoms with Crippen LogP contribution in [-0.2, 0) is 6.18 Å². The van der Waals surface area contributed by atoms with Crippen LogP contribution >= 0.6 is 0 Å². The summed E-state index contributed by atoms with van der Waals surface area (Å²) in [6.45, 7) is 3.13. The van der Waals surface area contributed by atoms with E-state index in [-0.39, 0.29) is 16.9 Å². The van der Waals surface area contributed by atoms with Gasteiger partial charge >= 0.3 is 6.18 Å². The molecule has 0 bridgehead atoms. The topological polar surface area (TPSA) is 58.6 Å². The molecule has 1 aliphatic heterocycles. The Morgan fingerprint density at radius 1 is 1.15 bits per heavy atom. The smallest absolute Gasteiger partial charge is 0.416 e. The maximum absolute atomic E-state index is 13.1. The van der Waals surface area contributed by atoms with E-state index in [9.17, 15) is 27.5 Å². The SMILES string of the molecule is CC1(C)Oc2ccc(C(F)(F)F)cc2C(NC(=O)c2ccc(F)cc2)C1O. The van der Waals surface area contributed by atoms with E-state index in [1.54, 1.807) is 13.8 Å². The summed E-state index contributed by atoms with van der Waals surface area (Å²) in [4.78, 5) is 12.5. The summed E-state index contributed by atoms with van der Waals surface area (Å²) in [5.41, 5.74) is -1.93. The Kier molecular flexibility index (Phi) is 4.63. The Bertz CT molecular complexity index is 862. The number of carbonyl (C=O) groups is 1. The van der Waals surface area contributed by atoms with Crippen molar-refractivity contribution in [3.05, 3.63) is 65.0 Å². The monoisotopic (exact) mass is 383 g/mol. The summed E-state index contributed by atoms with van der Waals surface area (Å²) < 4.78 is 57.9. The summed E-state index contributed by atoms with van der Waals surface area (Å²) in [6, 6.07) is 6.44. The third-order valence-electron chi connectivity index (χ3n) is 4.47. The van der Waals surface area contributed by atoms with Gasteiger partial charge in [-0.3, -0.25) is 4.79 Å². The molecular weight excluding hydrogens is 366 g/mol. The second kappa shape index (κ2) is 6.53. The highest BCUT2D eigenvalue weighted by molar-refractivity contribution is 5.94. The van der Waals surface area contributed by atoms with E-state index in [0.717, 1.165) is 24.3 Å². The Balaban J connectivity index is 2.00. The predicted octanol–water partition coefficient (Wildman–Crippen LogP) is 3.85. The molecule has 1 heterocycles. The van der Waals surface area contributed by atoms with Gasteiger partial charge in [0.05, 0.1) is 11.6 Å². The van der Waals surface area contributed by atoms with Gasteiger partial charge in [0.2, 0.25) is 0 Å². The van der Waals surface area contributed by atoms with Crippen molar-refractivity contribution in [1.82, 2.24) is 5.32 Å². The molecule has 0 saturated heterocycles. The zero-order chi connectivity index (χ0) is 20.0. The molecule has 0 aromatic heterocycles. The van der Waals surface area contributed by atoms with E-state index in [0.29, 0.717) is 0 Å². The Hall–Kier alpha value is -2.61. The fourth-order valence-electron chi connectivity index (χ4n) is 2.96. The lowest BCUT2D eigenvalue weighted by atomic mass is 9.85. The molecule has 0 fully saturated rings. The van der Waals surface area contributed by atoms with Crippen LogP contribution < -0.4 is 10.1 Å². The molecule has 0 spiro atoms. The number of nitrogens with one attached hydrogen (secondary N) is 1. The zero-order valence-corrected chi connectivity index (χ0v) is 14.5. The molecule has 2 N–H and O–H groups in total. The van der Waals surface area contributed by atoms with Gasteiger partial charge in [-0.05, 0) is 56.3 Å². The number of aliphatic hydroxyl groups excluding tert-OH is 1. The minimum Gasteiger partial charge on any atom is -0.485 e. The lowest BCUT2D eigenvalue weighted by molar-refractivity contribution is -0.137. The summed E-state index contributed by atoms with van der Waals surface area (Å²) in [5.74, 6) is -1.04. The molecule has 0 saturated carbocycles. The van der Waals surface area contributed by atoms with Gasteiger partial charge in [-0.1, -0.05) is 0 Å². The third-order valence-corrected chi connectivity index (χ3v) is 4.47. The van der Waals surface area contributed by atoms with Crippen molar-refractivity contribution in [2.45, 2.75) is 37.8 Å². The molecule has 144 valence electrons. The fraction of sp³-hybridized carbons (Fsp3) is 0.316. The zero-order valence-electron chi connectivity index (χ0n) is 14.5. The summed E-state index contributed by atoms with van der Waals surface area (Å²) in [6.07, 6.45) is -5.89. The first-order chi connectivity index (χ1) is 12.5. The largest absolute Gasteiger partial charge is 0.485 e. The molecule has 2 aromatic carbocycles. The summed E-state index contributed by atoms with van der Waals surface area (Å²) in [7, 11) is 0.